The van der Waals surface area contributed by atoms with Crippen LogP contribution in [0.4, 0.5) is 0 Å². The Morgan fingerprint density at radius 2 is 1.85 bits per heavy atom. The van der Waals surface area contributed by atoms with Gasteiger partial charge in [0.05, 0.1) is 12.2 Å². The summed E-state index contributed by atoms with van der Waals surface area (Å²) in [4.78, 5) is 0.654. The number of halogens is 1. The first-order chi connectivity index (χ1) is 9.63. The molecule has 2 saturated carbocycles. The van der Waals surface area contributed by atoms with E-state index in [2.05, 4.69) is 21.2 Å². The summed E-state index contributed by atoms with van der Waals surface area (Å²) in [6, 6.07) is 0.584. The van der Waals surface area contributed by atoms with Crippen molar-refractivity contribution in [3.8, 4) is 0 Å². The van der Waals surface area contributed by atoms with Crippen molar-refractivity contribution in [3.63, 3.8) is 0 Å². The lowest BCUT2D eigenvalue weighted by molar-refractivity contribution is -0.199. The Bertz CT molecular complexity index is 382. The number of fused-ring (bicyclic) bond motifs is 4. The summed E-state index contributed by atoms with van der Waals surface area (Å²) in [6.07, 6.45) is 5.15. The highest BCUT2D eigenvalue weighted by Crippen LogP contribution is 2.48. The standard InChI is InChI=1S/C15H24BrNO3/c16-8-2-3-11-9(6-8)10-5-7-1-4-12(18)13(19)14(7)20-15(10)17-11/h7-15,17-19H,1-6H2. The lowest BCUT2D eigenvalue weighted by Gasteiger charge is -2.46. The van der Waals surface area contributed by atoms with Gasteiger partial charge in [0.1, 0.15) is 12.3 Å². The Morgan fingerprint density at radius 1 is 1.00 bits per heavy atom. The Kier molecular flexibility index (Phi) is 3.62. The number of aliphatic hydroxyl groups is 2. The van der Waals surface area contributed by atoms with Crippen LogP contribution < -0.4 is 5.32 Å². The van der Waals surface area contributed by atoms with E-state index < -0.39 is 12.2 Å². The zero-order valence-corrected chi connectivity index (χ0v) is 13.2. The van der Waals surface area contributed by atoms with Crippen molar-refractivity contribution in [2.75, 3.05) is 0 Å². The second kappa shape index (κ2) is 5.20. The summed E-state index contributed by atoms with van der Waals surface area (Å²) in [5.74, 6) is 1.72. The molecule has 4 rings (SSSR count). The van der Waals surface area contributed by atoms with Crippen LogP contribution in [0.5, 0.6) is 0 Å². The second-order valence-corrected chi connectivity index (χ2v) is 8.46. The molecule has 2 aliphatic heterocycles. The van der Waals surface area contributed by atoms with Gasteiger partial charge in [-0.25, -0.2) is 0 Å². The van der Waals surface area contributed by atoms with Crippen LogP contribution >= 0.6 is 15.9 Å². The average molecular weight is 346 g/mol. The van der Waals surface area contributed by atoms with Crippen molar-refractivity contribution in [2.45, 2.75) is 73.9 Å². The van der Waals surface area contributed by atoms with E-state index in [1.807, 2.05) is 0 Å². The minimum Gasteiger partial charge on any atom is -0.390 e. The quantitative estimate of drug-likeness (QED) is 0.580. The zero-order chi connectivity index (χ0) is 13.9. The molecule has 4 nitrogen and oxygen atoms in total. The molecule has 4 fully saturated rings. The predicted molar refractivity (Wildman–Crippen MR) is 78.5 cm³/mol. The Labute approximate surface area is 128 Å². The molecule has 114 valence electrons. The first-order valence-corrected chi connectivity index (χ1v) is 8.97. The Hall–Kier alpha value is 0.320. The molecule has 4 aliphatic rings. The van der Waals surface area contributed by atoms with E-state index >= 15 is 0 Å². The van der Waals surface area contributed by atoms with E-state index in [0.29, 0.717) is 35.0 Å². The van der Waals surface area contributed by atoms with Crippen molar-refractivity contribution in [1.29, 1.82) is 0 Å². The zero-order valence-electron chi connectivity index (χ0n) is 11.6. The van der Waals surface area contributed by atoms with Crippen molar-refractivity contribution in [2.24, 2.45) is 17.8 Å². The maximum absolute atomic E-state index is 10.2. The first kappa shape index (κ1) is 13.9. The number of hydrogen-bond donors (Lipinski definition) is 3. The van der Waals surface area contributed by atoms with Gasteiger partial charge in [-0.05, 0) is 50.4 Å². The minimum absolute atomic E-state index is 0.0870. The smallest absolute Gasteiger partial charge is 0.112 e. The molecule has 20 heavy (non-hydrogen) atoms. The van der Waals surface area contributed by atoms with Crippen molar-refractivity contribution >= 4 is 15.9 Å². The molecular formula is C15H24BrNO3. The molecule has 0 aromatic heterocycles. The number of rotatable bonds is 0. The van der Waals surface area contributed by atoms with Crippen LogP contribution in [0, 0.1) is 17.8 Å². The monoisotopic (exact) mass is 345 g/mol. The molecule has 2 saturated heterocycles. The molecule has 3 N–H and O–H groups in total. The highest BCUT2D eigenvalue weighted by Gasteiger charge is 2.53. The third-order valence-electron chi connectivity index (χ3n) is 6.06. The van der Waals surface area contributed by atoms with Gasteiger partial charge in [0.15, 0.2) is 0 Å². The number of alkyl halides is 1. The molecule has 0 bridgehead atoms. The number of hydrogen-bond acceptors (Lipinski definition) is 4. The summed E-state index contributed by atoms with van der Waals surface area (Å²) in [6.45, 7) is 0. The highest BCUT2D eigenvalue weighted by molar-refractivity contribution is 9.09. The van der Waals surface area contributed by atoms with Gasteiger partial charge in [-0.1, -0.05) is 15.9 Å². The van der Waals surface area contributed by atoms with E-state index in [1.165, 1.54) is 19.3 Å². The van der Waals surface area contributed by atoms with Crippen LogP contribution in [-0.4, -0.2) is 45.6 Å². The highest BCUT2D eigenvalue weighted by atomic mass is 79.9. The first-order valence-electron chi connectivity index (χ1n) is 8.05. The number of ether oxygens (including phenoxy) is 1. The van der Waals surface area contributed by atoms with E-state index in [0.717, 1.165) is 12.8 Å². The van der Waals surface area contributed by atoms with Crippen LogP contribution in [0.3, 0.4) is 0 Å². The van der Waals surface area contributed by atoms with E-state index in [4.69, 9.17) is 4.74 Å². The van der Waals surface area contributed by atoms with Crippen molar-refractivity contribution in [1.82, 2.24) is 5.32 Å². The van der Waals surface area contributed by atoms with Gasteiger partial charge in [-0.2, -0.15) is 0 Å². The lowest BCUT2D eigenvalue weighted by Crippen LogP contribution is -2.55. The molecule has 5 heteroatoms. The molecule has 9 unspecified atom stereocenters. The fraction of sp³-hybridized carbons (Fsp3) is 1.00. The maximum Gasteiger partial charge on any atom is 0.112 e. The second-order valence-electron chi connectivity index (χ2n) is 7.16. The van der Waals surface area contributed by atoms with Gasteiger partial charge in [0, 0.05) is 16.8 Å². The Morgan fingerprint density at radius 3 is 2.70 bits per heavy atom. The van der Waals surface area contributed by atoms with Crippen LogP contribution in [-0.2, 0) is 4.74 Å². The summed E-state index contributed by atoms with van der Waals surface area (Å²) in [5.41, 5.74) is 0. The molecule has 0 amide bonds. The van der Waals surface area contributed by atoms with E-state index in [1.54, 1.807) is 0 Å². The number of aliphatic hydroxyl groups excluding tert-OH is 2. The largest absolute Gasteiger partial charge is 0.390 e. The fourth-order valence-electron chi connectivity index (χ4n) is 5.01. The molecule has 9 atom stereocenters. The van der Waals surface area contributed by atoms with Gasteiger partial charge >= 0.3 is 0 Å². The van der Waals surface area contributed by atoms with Crippen molar-refractivity contribution < 1.29 is 14.9 Å². The summed E-state index contributed by atoms with van der Waals surface area (Å²) in [5, 5.41) is 23.7. The minimum atomic E-state index is -0.706. The fourth-order valence-corrected chi connectivity index (χ4v) is 5.71. The normalized spacial score (nSPS) is 58.6. The number of nitrogens with one attached hydrogen (secondary N) is 1. The van der Waals surface area contributed by atoms with Crippen LogP contribution in [0.1, 0.15) is 38.5 Å². The topological polar surface area (TPSA) is 61.7 Å². The predicted octanol–water partition coefficient (Wildman–Crippen LogP) is 1.38. The molecule has 2 aliphatic carbocycles. The molecular weight excluding hydrogens is 322 g/mol. The average Bonchev–Trinajstić information content (AvgIpc) is 2.79. The molecule has 0 aromatic rings. The molecule has 2 heterocycles. The molecule has 0 spiro atoms. The maximum atomic E-state index is 10.2. The van der Waals surface area contributed by atoms with Gasteiger partial charge in [0.25, 0.3) is 0 Å². The summed E-state index contributed by atoms with van der Waals surface area (Å²) >= 11 is 3.79. The van der Waals surface area contributed by atoms with E-state index in [-0.39, 0.29) is 12.3 Å². The summed E-state index contributed by atoms with van der Waals surface area (Å²) < 4.78 is 6.19. The van der Waals surface area contributed by atoms with Gasteiger partial charge < -0.3 is 14.9 Å². The third-order valence-corrected chi connectivity index (χ3v) is 6.89. The molecule has 0 aromatic carbocycles. The SMILES string of the molecule is OC1CCC2CC3C(NC4CCC(Br)CC43)OC2C1O. The summed E-state index contributed by atoms with van der Waals surface area (Å²) in [7, 11) is 0. The van der Waals surface area contributed by atoms with E-state index in [9.17, 15) is 10.2 Å². The van der Waals surface area contributed by atoms with Crippen LogP contribution in [0.2, 0.25) is 0 Å². The van der Waals surface area contributed by atoms with Gasteiger partial charge in [-0.3, -0.25) is 5.32 Å². The van der Waals surface area contributed by atoms with Crippen LogP contribution in [0.25, 0.3) is 0 Å². The van der Waals surface area contributed by atoms with Gasteiger partial charge in [-0.15, -0.1) is 0 Å². The Balaban J connectivity index is 1.52. The van der Waals surface area contributed by atoms with Crippen molar-refractivity contribution in [3.05, 3.63) is 0 Å². The third kappa shape index (κ3) is 2.17. The van der Waals surface area contributed by atoms with Gasteiger partial charge in [0.2, 0.25) is 0 Å². The lowest BCUT2D eigenvalue weighted by atomic mass is 9.70. The van der Waals surface area contributed by atoms with Crippen LogP contribution in [0.15, 0.2) is 0 Å². The molecule has 0 radical (unpaired) electrons.